The molecule has 1 fully saturated rings. The van der Waals surface area contributed by atoms with Crippen molar-refractivity contribution in [3.63, 3.8) is 0 Å². The van der Waals surface area contributed by atoms with Crippen LogP contribution in [0.25, 0.3) is 11.8 Å². The number of thioether (sulfide) groups is 1. The number of aliphatic imine (C=N–C) groups is 1. The number of amidine groups is 1. The van der Waals surface area contributed by atoms with Crippen LogP contribution in [0.5, 0.6) is 0 Å². The van der Waals surface area contributed by atoms with Gasteiger partial charge >= 0.3 is 0 Å². The van der Waals surface area contributed by atoms with Crippen LogP contribution in [-0.4, -0.2) is 27.1 Å². The molecule has 4 rings (SSSR count). The van der Waals surface area contributed by atoms with Gasteiger partial charge in [-0.15, -0.1) is 0 Å². The second-order valence-electron chi connectivity index (χ2n) is 8.46. The lowest BCUT2D eigenvalue weighted by molar-refractivity contribution is -0.122. The number of hydrogen-bond acceptors (Lipinski definition) is 3. The summed E-state index contributed by atoms with van der Waals surface area (Å²) < 4.78 is 15.5. The summed E-state index contributed by atoms with van der Waals surface area (Å²) in [4.78, 5) is 20.0. The zero-order valence-corrected chi connectivity index (χ0v) is 21.0. The Morgan fingerprint density at radius 1 is 1.03 bits per heavy atom. The van der Waals surface area contributed by atoms with E-state index in [1.807, 2.05) is 13.0 Å². The Kier molecular flexibility index (Phi) is 7.37. The van der Waals surface area contributed by atoms with Gasteiger partial charge in [0.2, 0.25) is 0 Å². The molecule has 0 bridgehead atoms. The van der Waals surface area contributed by atoms with Gasteiger partial charge in [0.1, 0.15) is 5.82 Å². The number of carbonyl (C=O) groups is 1. The summed E-state index contributed by atoms with van der Waals surface area (Å²) in [6, 6.07) is 16.8. The Morgan fingerprint density at radius 3 is 2.38 bits per heavy atom. The second kappa shape index (κ2) is 10.4. The molecule has 0 saturated carbocycles. The Hall–Kier alpha value is -3.12. The van der Waals surface area contributed by atoms with Crippen molar-refractivity contribution >= 4 is 34.6 Å². The Labute approximate surface area is 205 Å². The molecule has 0 radical (unpaired) electrons. The Morgan fingerprint density at radius 2 is 1.74 bits per heavy atom. The third kappa shape index (κ3) is 5.02. The molecular formula is C28H30FN3OS. The molecule has 2 aromatic carbocycles. The van der Waals surface area contributed by atoms with E-state index in [1.54, 1.807) is 17.0 Å². The van der Waals surface area contributed by atoms with E-state index in [-0.39, 0.29) is 11.7 Å². The molecule has 0 spiro atoms. The van der Waals surface area contributed by atoms with Gasteiger partial charge in [-0.1, -0.05) is 25.5 Å². The Bertz CT molecular complexity index is 1240. The number of halogens is 1. The van der Waals surface area contributed by atoms with E-state index in [9.17, 15) is 9.18 Å². The largest absolute Gasteiger partial charge is 0.318 e. The first-order valence-electron chi connectivity index (χ1n) is 11.7. The average Bonchev–Trinajstić information content (AvgIpc) is 3.28. The molecule has 3 aromatic rings. The normalized spacial score (nSPS) is 16.3. The third-order valence-electron chi connectivity index (χ3n) is 6.03. The van der Waals surface area contributed by atoms with Gasteiger partial charge in [0, 0.05) is 23.6 Å². The molecule has 1 saturated heterocycles. The number of benzene rings is 2. The topological polar surface area (TPSA) is 37.6 Å². The maximum Gasteiger partial charge on any atom is 0.266 e. The van der Waals surface area contributed by atoms with Crippen molar-refractivity contribution in [1.29, 1.82) is 0 Å². The maximum atomic E-state index is 13.2. The molecule has 0 unspecified atom stereocenters. The van der Waals surface area contributed by atoms with Crippen LogP contribution >= 0.6 is 11.8 Å². The van der Waals surface area contributed by atoms with Gasteiger partial charge in [0.15, 0.2) is 5.17 Å². The summed E-state index contributed by atoms with van der Waals surface area (Å²) in [6.45, 7) is 8.83. The lowest BCUT2D eigenvalue weighted by Crippen LogP contribution is -2.28. The van der Waals surface area contributed by atoms with E-state index in [1.165, 1.54) is 42.3 Å². The lowest BCUT2D eigenvalue weighted by Gasteiger charge is -2.12. The molecule has 2 heterocycles. The molecule has 0 N–H and O–H groups in total. The van der Waals surface area contributed by atoms with E-state index in [0.29, 0.717) is 22.3 Å². The van der Waals surface area contributed by atoms with E-state index >= 15 is 0 Å². The quantitative estimate of drug-likeness (QED) is 0.339. The highest BCUT2D eigenvalue weighted by atomic mass is 32.2. The van der Waals surface area contributed by atoms with Crippen molar-refractivity contribution in [2.75, 3.05) is 6.54 Å². The number of unbranched alkanes of at least 4 members (excludes halogenated alkanes) is 1. The van der Waals surface area contributed by atoms with Gasteiger partial charge in [-0.05, 0) is 105 Å². The molecule has 1 aliphatic heterocycles. The third-order valence-corrected chi connectivity index (χ3v) is 7.03. The Balaban J connectivity index is 1.63. The molecule has 6 heteroatoms. The number of nitrogens with zero attached hydrogens (tertiary/aromatic N) is 3. The summed E-state index contributed by atoms with van der Waals surface area (Å²) in [5.41, 5.74) is 6.33. The summed E-state index contributed by atoms with van der Waals surface area (Å²) >= 11 is 1.36. The fourth-order valence-electron chi connectivity index (χ4n) is 4.16. The summed E-state index contributed by atoms with van der Waals surface area (Å²) in [6.07, 6.45) is 5.45. The molecule has 34 heavy (non-hydrogen) atoms. The highest BCUT2D eigenvalue weighted by Gasteiger charge is 2.32. The van der Waals surface area contributed by atoms with Crippen molar-refractivity contribution in [2.45, 2.75) is 47.0 Å². The molecular weight excluding hydrogens is 445 g/mol. The number of hydrogen-bond donors (Lipinski definition) is 0. The van der Waals surface area contributed by atoms with E-state index in [2.05, 4.69) is 60.7 Å². The predicted octanol–water partition coefficient (Wildman–Crippen LogP) is 7.20. The first-order valence-corrected chi connectivity index (χ1v) is 12.6. The second-order valence-corrected chi connectivity index (χ2v) is 9.47. The van der Waals surface area contributed by atoms with Crippen LogP contribution < -0.4 is 0 Å². The minimum absolute atomic E-state index is 0.0570. The van der Waals surface area contributed by atoms with Gasteiger partial charge in [-0.25, -0.2) is 9.38 Å². The molecule has 176 valence electrons. The zero-order valence-electron chi connectivity index (χ0n) is 20.1. The van der Waals surface area contributed by atoms with E-state index in [0.717, 1.165) is 29.1 Å². The molecule has 1 amide bonds. The highest BCUT2D eigenvalue weighted by Crippen LogP contribution is 2.35. The van der Waals surface area contributed by atoms with Gasteiger partial charge in [-0.3, -0.25) is 9.69 Å². The number of aryl methyl sites for hydroxylation is 2. The van der Waals surface area contributed by atoms with Gasteiger partial charge < -0.3 is 4.57 Å². The minimum Gasteiger partial charge on any atom is -0.318 e. The minimum atomic E-state index is -0.307. The van der Waals surface area contributed by atoms with Crippen LogP contribution in [0.3, 0.4) is 0 Å². The monoisotopic (exact) mass is 475 g/mol. The molecule has 4 nitrogen and oxygen atoms in total. The lowest BCUT2D eigenvalue weighted by atomic mass is 10.1. The number of carbonyl (C=O) groups excluding carboxylic acids is 1. The van der Waals surface area contributed by atoms with Crippen molar-refractivity contribution in [1.82, 2.24) is 9.47 Å². The molecule has 0 atom stereocenters. The number of aromatic nitrogens is 1. The van der Waals surface area contributed by atoms with E-state index in [4.69, 9.17) is 0 Å². The number of amides is 1. The van der Waals surface area contributed by atoms with Crippen LogP contribution in [0.4, 0.5) is 10.1 Å². The molecule has 1 aliphatic rings. The van der Waals surface area contributed by atoms with Gasteiger partial charge in [0.25, 0.3) is 5.91 Å². The average molecular weight is 476 g/mol. The maximum absolute atomic E-state index is 13.2. The first-order chi connectivity index (χ1) is 16.4. The SMILES string of the molecule is CCCCc1ccc(-n2c(C)cc(/C=C3/SC(=Nc4ccc(F)cc4)N(CC)C3=O)c2C)cc1. The van der Waals surface area contributed by atoms with E-state index < -0.39 is 0 Å². The number of likely N-dealkylation sites (N-methyl/N-ethyl adjacent to an activating group) is 1. The summed E-state index contributed by atoms with van der Waals surface area (Å²) in [5, 5.41) is 0.613. The summed E-state index contributed by atoms with van der Waals surface area (Å²) in [5.74, 6) is -0.364. The van der Waals surface area contributed by atoms with Crippen molar-refractivity contribution in [2.24, 2.45) is 4.99 Å². The molecule has 0 aliphatic carbocycles. The number of rotatable bonds is 7. The van der Waals surface area contributed by atoms with Gasteiger partial charge in [-0.2, -0.15) is 0 Å². The fraction of sp³-hybridized carbons (Fsp3) is 0.286. The highest BCUT2D eigenvalue weighted by molar-refractivity contribution is 8.18. The van der Waals surface area contributed by atoms with Gasteiger partial charge in [0.05, 0.1) is 10.6 Å². The smallest absolute Gasteiger partial charge is 0.266 e. The van der Waals surface area contributed by atoms with Crippen LogP contribution in [-0.2, 0) is 11.2 Å². The van der Waals surface area contributed by atoms with Crippen LogP contribution in [0.2, 0.25) is 0 Å². The molecule has 1 aromatic heterocycles. The zero-order chi connectivity index (χ0) is 24.2. The van der Waals surface area contributed by atoms with Crippen LogP contribution in [0.1, 0.15) is 49.2 Å². The van der Waals surface area contributed by atoms with Crippen LogP contribution in [0, 0.1) is 19.7 Å². The van der Waals surface area contributed by atoms with Crippen molar-refractivity contribution in [3.05, 3.63) is 87.8 Å². The standard InChI is InChI=1S/C28H30FN3OS/c1-5-7-8-21-9-15-25(16-10-21)32-19(3)17-22(20(32)4)18-26-27(33)31(6-2)28(34-26)30-24-13-11-23(29)12-14-24/h9-18H,5-8H2,1-4H3/b26-18+,30-28?. The fourth-order valence-corrected chi connectivity index (χ4v) is 5.21. The first kappa shape index (κ1) is 24.0. The predicted molar refractivity (Wildman–Crippen MR) is 140 cm³/mol. The van der Waals surface area contributed by atoms with Crippen LogP contribution in [0.15, 0.2) is 64.5 Å². The van der Waals surface area contributed by atoms with Crippen molar-refractivity contribution < 1.29 is 9.18 Å². The summed E-state index contributed by atoms with van der Waals surface area (Å²) in [7, 11) is 0. The van der Waals surface area contributed by atoms with Crippen molar-refractivity contribution in [3.8, 4) is 5.69 Å².